The molecule has 1 aromatic heterocycles. The molecule has 1 unspecified atom stereocenters. The summed E-state index contributed by atoms with van der Waals surface area (Å²) in [5, 5.41) is 13.7. The minimum absolute atomic E-state index is 0.0367. The molecule has 9 heteroatoms. The molecular formula is C12H18N6O3. The lowest BCUT2D eigenvalue weighted by Crippen LogP contribution is -2.44. The summed E-state index contributed by atoms with van der Waals surface area (Å²) in [5.74, 6) is -0.215. The lowest BCUT2D eigenvalue weighted by atomic mass is 10.1. The van der Waals surface area contributed by atoms with Crippen LogP contribution in [0.3, 0.4) is 0 Å². The second kappa shape index (κ2) is 6.33. The lowest BCUT2D eigenvalue weighted by Gasteiger charge is -2.29. The fourth-order valence-electron chi connectivity index (χ4n) is 2.28. The average Bonchev–Trinajstić information content (AvgIpc) is 2.47. The van der Waals surface area contributed by atoms with Crippen molar-refractivity contribution in [3.63, 3.8) is 0 Å². The summed E-state index contributed by atoms with van der Waals surface area (Å²) in [4.78, 5) is 31.8. The number of piperidine rings is 1. The van der Waals surface area contributed by atoms with Crippen LogP contribution in [0.5, 0.6) is 0 Å². The summed E-state index contributed by atoms with van der Waals surface area (Å²) >= 11 is 0. The van der Waals surface area contributed by atoms with Gasteiger partial charge in [0.15, 0.2) is 0 Å². The van der Waals surface area contributed by atoms with Gasteiger partial charge in [-0.2, -0.15) is 4.98 Å². The van der Waals surface area contributed by atoms with Gasteiger partial charge in [-0.25, -0.2) is 4.98 Å². The summed E-state index contributed by atoms with van der Waals surface area (Å²) < 4.78 is 0. The number of nitrogens with one attached hydrogen (secondary N) is 1. The third-order valence-corrected chi connectivity index (χ3v) is 3.38. The van der Waals surface area contributed by atoms with E-state index >= 15 is 0 Å². The van der Waals surface area contributed by atoms with Crippen LogP contribution < -0.4 is 11.1 Å². The Kier molecular flexibility index (Phi) is 4.51. The first-order chi connectivity index (χ1) is 9.99. The highest BCUT2D eigenvalue weighted by atomic mass is 16.6. The number of carbonyl (C=O) groups excluding carboxylic acids is 1. The molecule has 9 nitrogen and oxygen atoms in total. The number of nitro groups is 1. The van der Waals surface area contributed by atoms with Crippen molar-refractivity contribution >= 4 is 23.4 Å². The molecule has 1 atom stereocenters. The third kappa shape index (κ3) is 3.56. The van der Waals surface area contributed by atoms with Crippen molar-refractivity contribution in [1.82, 2.24) is 14.9 Å². The Balaban J connectivity index is 2.11. The van der Waals surface area contributed by atoms with Gasteiger partial charge >= 0.3 is 5.69 Å². The van der Waals surface area contributed by atoms with Gasteiger partial charge < -0.3 is 16.0 Å². The number of nitrogens with two attached hydrogens (primary N) is 1. The van der Waals surface area contributed by atoms with Crippen LogP contribution in [0.1, 0.15) is 26.2 Å². The molecule has 0 aliphatic carbocycles. The number of likely N-dealkylation sites (tertiary alicyclic amines) is 1. The van der Waals surface area contributed by atoms with E-state index in [0.29, 0.717) is 0 Å². The third-order valence-electron chi connectivity index (χ3n) is 3.38. The Morgan fingerprint density at radius 1 is 1.48 bits per heavy atom. The van der Waals surface area contributed by atoms with Crippen molar-refractivity contribution in [2.24, 2.45) is 0 Å². The SMILES string of the molecule is CC(Nc1nc(N)ncc1[N+](=O)[O-])C(=O)N1CCCCC1. The number of hydrogen-bond donors (Lipinski definition) is 2. The maximum Gasteiger partial charge on any atom is 0.329 e. The number of aromatic nitrogens is 2. The average molecular weight is 294 g/mol. The molecule has 1 fully saturated rings. The predicted molar refractivity (Wildman–Crippen MR) is 76.6 cm³/mol. The molecule has 2 heterocycles. The number of nitrogens with zero attached hydrogens (tertiary/aromatic N) is 4. The number of anilines is 2. The summed E-state index contributed by atoms with van der Waals surface area (Å²) in [6.07, 6.45) is 4.13. The molecule has 0 radical (unpaired) electrons. The highest BCUT2D eigenvalue weighted by Gasteiger charge is 2.25. The minimum Gasteiger partial charge on any atom is -0.368 e. The Morgan fingerprint density at radius 2 is 2.14 bits per heavy atom. The summed E-state index contributed by atoms with van der Waals surface area (Å²) in [6.45, 7) is 3.09. The quantitative estimate of drug-likeness (QED) is 0.620. The summed E-state index contributed by atoms with van der Waals surface area (Å²) in [6, 6.07) is -0.615. The van der Waals surface area contributed by atoms with Gasteiger partial charge in [0, 0.05) is 13.1 Å². The maximum absolute atomic E-state index is 12.3. The molecule has 1 aliphatic rings. The number of hydrogen-bond acceptors (Lipinski definition) is 7. The highest BCUT2D eigenvalue weighted by molar-refractivity contribution is 5.84. The maximum atomic E-state index is 12.3. The standard InChI is InChI=1S/C12H18N6O3/c1-8(11(19)17-5-3-2-4-6-17)15-10-9(18(20)21)7-14-12(13)16-10/h7-8H,2-6H2,1H3,(H3,13,14,15,16). The second-order valence-corrected chi connectivity index (χ2v) is 4.97. The molecule has 1 aromatic rings. The van der Waals surface area contributed by atoms with Crippen LogP contribution in [-0.4, -0.2) is 44.8 Å². The molecule has 0 spiro atoms. The van der Waals surface area contributed by atoms with E-state index in [4.69, 9.17) is 5.73 Å². The first kappa shape index (κ1) is 14.9. The smallest absolute Gasteiger partial charge is 0.329 e. The van der Waals surface area contributed by atoms with Crippen LogP contribution in [0.2, 0.25) is 0 Å². The number of carbonyl (C=O) groups is 1. The molecule has 3 N–H and O–H groups in total. The monoisotopic (exact) mass is 294 g/mol. The molecular weight excluding hydrogens is 276 g/mol. The number of nitrogen functional groups attached to an aromatic ring is 1. The molecule has 2 rings (SSSR count). The first-order valence-corrected chi connectivity index (χ1v) is 6.81. The molecule has 0 aromatic carbocycles. The fraction of sp³-hybridized carbons (Fsp3) is 0.583. The molecule has 0 bridgehead atoms. The van der Waals surface area contributed by atoms with Gasteiger partial charge in [-0.05, 0) is 26.2 Å². The van der Waals surface area contributed by atoms with Crippen LogP contribution in [0.15, 0.2) is 6.20 Å². The first-order valence-electron chi connectivity index (χ1n) is 6.81. The van der Waals surface area contributed by atoms with Crippen LogP contribution >= 0.6 is 0 Å². The topological polar surface area (TPSA) is 127 Å². The van der Waals surface area contributed by atoms with Crippen molar-refractivity contribution < 1.29 is 9.72 Å². The summed E-state index contributed by atoms with van der Waals surface area (Å²) in [5.41, 5.74) is 5.14. The van der Waals surface area contributed by atoms with Gasteiger partial charge in [0.05, 0.1) is 4.92 Å². The molecule has 0 saturated carbocycles. The Labute approximate surface area is 121 Å². The van der Waals surface area contributed by atoms with Crippen molar-refractivity contribution in [1.29, 1.82) is 0 Å². The van der Waals surface area contributed by atoms with Gasteiger partial charge in [0.25, 0.3) is 0 Å². The predicted octanol–water partition coefficient (Wildman–Crippen LogP) is 0.780. The molecule has 1 amide bonds. The molecule has 114 valence electrons. The van der Waals surface area contributed by atoms with E-state index in [9.17, 15) is 14.9 Å². The molecule has 1 saturated heterocycles. The minimum atomic E-state index is -0.615. The van der Waals surface area contributed by atoms with E-state index < -0.39 is 11.0 Å². The van der Waals surface area contributed by atoms with E-state index in [0.717, 1.165) is 38.5 Å². The largest absolute Gasteiger partial charge is 0.368 e. The van der Waals surface area contributed by atoms with Gasteiger partial charge in [0.1, 0.15) is 12.2 Å². The second-order valence-electron chi connectivity index (χ2n) is 4.97. The van der Waals surface area contributed by atoms with E-state index in [1.165, 1.54) is 0 Å². The van der Waals surface area contributed by atoms with Gasteiger partial charge in [0.2, 0.25) is 17.7 Å². The van der Waals surface area contributed by atoms with Crippen molar-refractivity contribution in [3.8, 4) is 0 Å². The van der Waals surface area contributed by atoms with Crippen LogP contribution in [-0.2, 0) is 4.79 Å². The van der Waals surface area contributed by atoms with Crippen LogP contribution in [0.25, 0.3) is 0 Å². The number of amides is 1. The van der Waals surface area contributed by atoms with Crippen LogP contribution in [0.4, 0.5) is 17.5 Å². The Bertz CT molecular complexity index is 544. The lowest BCUT2D eigenvalue weighted by molar-refractivity contribution is -0.384. The van der Waals surface area contributed by atoms with E-state index in [1.54, 1.807) is 11.8 Å². The van der Waals surface area contributed by atoms with E-state index in [2.05, 4.69) is 15.3 Å². The van der Waals surface area contributed by atoms with Crippen LogP contribution in [0, 0.1) is 10.1 Å². The zero-order valence-corrected chi connectivity index (χ0v) is 11.8. The van der Waals surface area contributed by atoms with Gasteiger partial charge in [-0.15, -0.1) is 0 Å². The van der Waals surface area contributed by atoms with E-state index in [1.807, 2.05) is 0 Å². The summed E-state index contributed by atoms with van der Waals surface area (Å²) in [7, 11) is 0. The Hall–Kier alpha value is -2.45. The van der Waals surface area contributed by atoms with E-state index in [-0.39, 0.29) is 23.4 Å². The van der Waals surface area contributed by atoms with Gasteiger partial charge in [-0.1, -0.05) is 0 Å². The van der Waals surface area contributed by atoms with Crippen molar-refractivity contribution in [3.05, 3.63) is 16.3 Å². The van der Waals surface area contributed by atoms with Crippen molar-refractivity contribution in [2.45, 2.75) is 32.2 Å². The Morgan fingerprint density at radius 3 is 2.76 bits per heavy atom. The highest BCUT2D eigenvalue weighted by Crippen LogP contribution is 2.22. The number of rotatable bonds is 4. The normalized spacial score (nSPS) is 16.3. The fourth-order valence-corrected chi connectivity index (χ4v) is 2.28. The zero-order valence-electron chi connectivity index (χ0n) is 11.8. The molecule has 1 aliphatic heterocycles. The zero-order chi connectivity index (χ0) is 15.4. The molecule has 21 heavy (non-hydrogen) atoms. The van der Waals surface area contributed by atoms with Gasteiger partial charge in [-0.3, -0.25) is 14.9 Å². The van der Waals surface area contributed by atoms with Crippen molar-refractivity contribution in [2.75, 3.05) is 24.1 Å².